The molecule has 1 aliphatic carbocycles. The van der Waals surface area contributed by atoms with E-state index in [9.17, 15) is 0 Å². The van der Waals surface area contributed by atoms with E-state index in [1.54, 1.807) is 12.4 Å². The average Bonchev–Trinajstić information content (AvgIpc) is 2.18. The highest BCUT2D eigenvalue weighted by atomic mass is 14.9. The SMILES string of the molecule is CCNCC1CCC1c1cnccn1. The van der Waals surface area contributed by atoms with Crippen molar-refractivity contribution in [3.8, 4) is 0 Å². The lowest BCUT2D eigenvalue weighted by Crippen LogP contribution is -2.34. The van der Waals surface area contributed by atoms with Crippen molar-refractivity contribution in [1.82, 2.24) is 15.3 Å². The van der Waals surface area contributed by atoms with Gasteiger partial charge in [-0.15, -0.1) is 0 Å². The Morgan fingerprint density at radius 1 is 1.43 bits per heavy atom. The second kappa shape index (κ2) is 4.51. The van der Waals surface area contributed by atoms with Crippen LogP contribution in [-0.2, 0) is 0 Å². The molecule has 0 bridgehead atoms. The molecule has 1 saturated carbocycles. The van der Waals surface area contributed by atoms with Crippen LogP contribution in [0.25, 0.3) is 0 Å². The molecule has 3 nitrogen and oxygen atoms in total. The van der Waals surface area contributed by atoms with Crippen LogP contribution in [0.15, 0.2) is 18.6 Å². The van der Waals surface area contributed by atoms with Crippen LogP contribution in [0.1, 0.15) is 31.4 Å². The topological polar surface area (TPSA) is 37.8 Å². The van der Waals surface area contributed by atoms with Gasteiger partial charge in [-0.05, 0) is 31.8 Å². The van der Waals surface area contributed by atoms with Gasteiger partial charge in [0.25, 0.3) is 0 Å². The Labute approximate surface area is 85.0 Å². The first kappa shape index (κ1) is 9.59. The predicted molar refractivity (Wildman–Crippen MR) is 56.0 cm³/mol. The minimum Gasteiger partial charge on any atom is -0.317 e. The molecule has 1 fully saturated rings. The lowest BCUT2D eigenvalue weighted by molar-refractivity contribution is 0.242. The van der Waals surface area contributed by atoms with Gasteiger partial charge in [0.2, 0.25) is 0 Å². The zero-order valence-electron chi connectivity index (χ0n) is 8.61. The maximum Gasteiger partial charge on any atom is 0.0620 e. The highest BCUT2D eigenvalue weighted by Crippen LogP contribution is 2.40. The fourth-order valence-corrected chi connectivity index (χ4v) is 2.03. The standard InChI is InChI=1S/C11H17N3/c1-2-12-7-9-3-4-10(9)11-8-13-5-6-14-11/h5-6,8-10,12H,2-4,7H2,1H3. The Kier molecular flexibility index (Phi) is 3.09. The highest BCUT2D eigenvalue weighted by Gasteiger charge is 2.32. The average molecular weight is 191 g/mol. The summed E-state index contributed by atoms with van der Waals surface area (Å²) in [6, 6.07) is 0. The molecule has 1 heterocycles. The van der Waals surface area contributed by atoms with E-state index < -0.39 is 0 Å². The first-order valence-electron chi connectivity index (χ1n) is 5.38. The van der Waals surface area contributed by atoms with Crippen LogP contribution < -0.4 is 5.32 Å². The minimum absolute atomic E-state index is 0.641. The van der Waals surface area contributed by atoms with Gasteiger partial charge in [0, 0.05) is 24.5 Å². The minimum atomic E-state index is 0.641. The Balaban J connectivity index is 1.93. The third-order valence-electron chi connectivity index (χ3n) is 3.04. The van der Waals surface area contributed by atoms with Crippen LogP contribution in [-0.4, -0.2) is 23.1 Å². The molecular formula is C11H17N3. The number of hydrogen-bond donors (Lipinski definition) is 1. The zero-order valence-corrected chi connectivity index (χ0v) is 8.61. The van der Waals surface area contributed by atoms with Crippen LogP contribution in [0.2, 0.25) is 0 Å². The van der Waals surface area contributed by atoms with E-state index >= 15 is 0 Å². The second-order valence-corrected chi connectivity index (χ2v) is 3.88. The third-order valence-corrected chi connectivity index (χ3v) is 3.04. The molecule has 2 atom stereocenters. The molecule has 2 rings (SSSR count). The molecule has 1 aromatic rings. The quantitative estimate of drug-likeness (QED) is 0.785. The van der Waals surface area contributed by atoms with E-state index in [-0.39, 0.29) is 0 Å². The van der Waals surface area contributed by atoms with Gasteiger partial charge in [-0.3, -0.25) is 9.97 Å². The van der Waals surface area contributed by atoms with Gasteiger partial charge in [-0.1, -0.05) is 6.92 Å². The summed E-state index contributed by atoms with van der Waals surface area (Å²) in [5, 5.41) is 3.40. The van der Waals surface area contributed by atoms with Crippen LogP contribution in [0, 0.1) is 5.92 Å². The highest BCUT2D eigenvalue weighted by molar-refractivity contribution is 5.10. The molecule has 76 valence electrons. The number of rotatable bonds is 4. The lowest BCUT2D eigenvalue weighted by atomic mass is 9.72. The van der Waals surface area contributed by atoms with Crippen molar-refractivity contribution in [3.05, 3.63) is 24.3 Å². The molecule has 1 N–H and O–H groups in total. The van der Waals surface area contributed by atoms with Crippen molar-refractivity contribution in [2.75, 3.05) is 13.1 Å². The molecule has 0 saturated heterocycles. The van der Waals surface area contributed by atoms with Crippen LogP contribution in [0.4, 0.5) is 0 Å². The van der Waals surface area contributed by atoms with Gasteiger partial charge in [-0.2, -0.15) is 0 Å². The number of nitrogens with zero attached hydrogens (tertiary/aromatic N) is 2. The zero-order chi connectivity index (χ0) is 9.80. The summed E-state index contributed by atoms with van der Waals surface area (Å²) in [6.07, 6.45) is 8.03. The van der Waals surface area contributed by atoms with Gasteiger partial charge in [-0.25, -0.2) is 0 Å². The number of aromatic nitrogens is 2. The molecule has 0 aromatic carbocycles. The lowest BCUT2D eigenvalue weighted by Gasteiger charge is -2.36. The van der Waals surface area contributed by atoms with E-state index in [1.807, 2.05) is 6.20 Å². The first-order chi connectivity index (χ1) is 6.92. The summed E-state index contributed by atoms with van der Waals surface area (Å²) in [6.45, 7) is 4.33. The van der Waals surface area contributed by atoms with Crippen molar-refractivity contribution in [3.63, 3.8) is 0 Å². The number of nitrogens with one attached hydrogen (secondary N) is 1. The van der Waals surface area contributed by atoms with Crippen LogP contribution >= 0.6 is 0 Å². The smallest absolute Gasteiger partial charge is 0.0620 e. The van der Waals surface area contributed by atoms with E-state index in [4.69, 9.17) is 0 Å². The normalized spacial score (nSPS) is 25.8. The van der Waals surface area contributed by atoms with Crippen LogP contribution in [0.5, 0.6) is 0 Å². The predicted octanol–water partition coefficient (Wildman–Crippen LogP) is 1.58. The summed E-state index contributed by atoms with van der Waals surface area (Å²) < 4.78 is 0. The maximum atomic E-state index is 4.37. The Bertz CT molecular complexity index is 273. The summed E-state index contributed by atoms with van der Waals surface area (Å²) in [5.41, 5.74) is 1.17. The monoisotopic (exact) mass is 191 g/mol. The molecule has 0 spiro atoms. The van der Waals surface area contributed by atoms with Crippen molar-refractivity contribution in [1.29, 1.82) is 0 Å². The molecule has 1 aliphatic rings. The summed E-state index contributed by atoms with van der Waals surface area (Å²) in [7, 11) is 0. The molecule has 14 heavy (non-hydrogen) atoms. The molecule has 0 aliphatic heterocycles. The largest absolute Gasteiger partial charge is 0.317 e. The second-order valence-electron chi connectivity index (χ2n) is 3.88. The van der Waals surface area contributed by atoms with E-state index in [2.05, 4.69) is 22.2 Å². The summed E-state index contributed by atoms with van der Waals surface area (Å²) in [5.74, 6) is 1.41. The van der Waals surface area contributed by atoms with Crippen molar-refractivity contribution < 1.29 is 0 Å². The van der Waals surface area contributed by atoms with Gasteiger partial charge in [0.1, 0.15) is 0 Å². The van der Waals surface area contributed by atoms with Gasteiger partial charge < -0.3 is 5.32 Å². The molecular weight excluding hydrogens is 174 g/mol. The molecule has 3 heteroatoms. The molecule has 0 amide bonds. The Morgan fingerprint density at radius 3 is 2.93 bits per heavy atom. The van der Waals surface area contributed by atoms with Crippen molar-refractivity contribution in [2.45, 2.75) is 25.7 Å². The van der Waals surface area contributed by atoms with Crippen LogP contribution in [0.3, 0.4) is 0 Å². The van der Waals surface area contributed by atoms with E-state index in [1.165, 1.54) is 18.5 Å². The molecule has 0 radical (unpaired) electrons. The third kappa shape index (κ3) is 1.93. The summed E-state index contributed by atoms with van der Waals surface area (Å²) >= 11 is 0. The number of hydrogen-bond acceptors (Lipinski definition) is 3. The van der Waals surface area contributed by atoms with Gasteiger partial charge in [0.05, 0.1) is 5.69 Å². The Hall–Kier alpha value is -0.960. The summed E-state index contributed by atoms with van der Waals surface area (Å²) in [4.78, 5) is 8.49. The van der Waals surface area contributed by atoms with Gasteiger partial charge >= 0.3 is 0 Å². The van der Waals surface area contributed by atoms with Crippen molar-refractivity contribution in [2.24, 2.45) is 5.92 Å². The Morgan fingerprint density at radius 2 is 2.36 bits per heavy atom. The van der Waals surface area contributed by atoms with E-state index in [0.29, 0.717) is 5.92 Å². The maximum absolute atomic E-state index is 4.37. The molecule has 1 aromatic heterocycles. The first-order valence-corrected chi connectivity index (χ1v) is 5.38. The van der Waals surface area contributed by atoms with Gasteiger partial charge in [0.15, 0.2) is 0 Å². The molecule has 2 unspecified atom stereocenters. The fraction of sp³-hybridized carbons (Fsp3) is 0.636. The fourth-order valence-electron chi connectivity index (χ4n) is 2.03. The van der Waals surface area contributed by atoms with E-state index in [0.717, 1.165) is 19.0 Å². The van der Waals surface area contributed by atoms with Crippen molar-refractivity contribution >= 4 is 0 Å².